The van der Waals surface area contributed by atoms with Gasteiger partial charge < -0.3 is 14.2 Å². The fraction of sp³-hybridized carbons (Fsp3) is 0.333. The molecule has 0 radical (unpaired) electrons. The van der Waals surface area contributed by atoms with Crippen LogP contribution in [0.25, 0.3) is 0 Å². The largest absolute Gasteiger partial charge is 0.574 e. The van der Waals surface area contributed by atoms with Gasteiger partial charge in [-0.25, -0.2) is 4.79 Å². The summed E-state index contributed by atoms with van der Waals surface area (Å²) in [5.41, 5.74) is -2.04. The molecule has 0 bridgehead atoms. The molecule has 20 heavy (non-hydrogen) atoms. The maximum atomic E-state index is 12.2. The van der Waals surface area contributed by atoms with Crippen LogP contribution in [0.1, 0.15) is 10.4 Å². The first kappa shape index (κ1) is 15.5. The molecule has 110 valence electrons. The van der Waals surface area contributed by atoms with Gasteiger partial charge in [0, 0.05) is 0 Å². The SMILES string of the molecule is COC(=O)c1c([N+](=O)[O-])cc(OC)nc1OC(F)(F)F. The highest BCUT2D eigenvalue weighted by atomic mass is 19.4. The van der Waals surface area contributed by atoms with Crippen molar-refractivity contribution in [1.82, 2.24) is 4.98 Å². The predicted molar refractivity (Wildman–Crippen MR) is 55.5 cm³/mol. The third-order valence-electron chi connectivity index (χ3n) is 1.95. The lowest BCUT2D eigenvalue weighted by Gasteiger charge is -2.12. The van der Waals surface area contributed by atoms with Crippen molar-refractivity contribution in [2.75, 3.05) is 14.2 Å². The number of rotatable bonds is 4. The molecule has 0 aliphatic heterocycles. The number of methoxy groups -OCH3 is 2. The predicted octanol–water partition coefficient (Wildman–Crippen LogP) is 1.68. The normalized spacial score (nSPS) is 10.8. The molecule has 1 heterocycles. The molecular formula is C9H7F3N2O6. The highest BCUT2D eigenvalue weighted by Gasteiger charge is 2.38. The fourth-order valence-corrected chi connectivity index (χ4v) is 1.21. The summed E-state index contributed by atoms with van der Waals surface area (Å²) < 4.78 is 48.9. The number of carbonyl (C=O) groups excluding carboxylic acids is 1. The van der Waals surface area contributed by atoms with E-state index in [1.807, 2.05) is 0 Å². The molecule has 0 unspecified atom stereocenters. The van der Waals surface area contributed by atoms with Crippen molar-refractivity contribution in [2.24, 2.45) is 0 Å². The van der Waals surface area contributed by atoms with Gasteiger partial charge in [-0.3, -0.25) is 10.1 Å². The molecule has 0 spiro atoms. The minimum Gasteiger partial charge on any atom is -0.481 e. The van der Waals surface area contributed by atoms with Crippen LogP contribution in [-0.2, 0) is 4.74 Å². The number of aromatic nitrogens is 1. The van der Waals surface area contributed by atoms with E-state index < -0.39 is 40.3 Å². The summed E-state index contributed by atoms with van der Waals surface area (Å²) >= 11 is 0. The fourth-order valence-electron chi connectivity index (χ4n) is 1.21. The van der Waals surface area contributed by atoms with Gasteiger partial charge in [-0.05, 0) is 0 Å². The van der Waals surface area contributed by atoms with Gasteiger partial charge in [0.1, 0.15) is 0 Å². The number of hydrogen-bond donors (Lipinski definition) is 0. The number of esters is 1. The average Bonchev–Trinajstić information content (AvgIpc) is 2.34. The van der Waals surface area contributed by atoms with Crippen LogP contribution < -0.4 is 9.47 Å². The highest BCUT2D eigenvalue weighted by Crippen LogP contribution is 2.34. The second kappa shape index (κ2) is 5.59. The number of nitrogens with zero attached hydrogens (tertiary/aromatic N) is 2. The Morgan fingerprint density at radius 2 is 2.00 bits per heavy atom. The Bertz CT molecular complexity index is 545. The molecule has 1 aromatic heterocycles. The molecule has 1 rings (SSSR count). The molecule has 0 amide bonds. The van der Waals surface area contributed by atoms with E-state index in [-0.39, 0.29) is 0 Å². The van der Waals surface area contributed by atoms with Gasteiger partial charge in [-0.1, -0.05) is 0 Å². The average molecular weight is 296 g/mol. The number of carbonyl (C=O) groups is 1. The van der Waals surface area contributed by atoms with Crippen LogP contribution in [0.15, 0.2) is 6.07 Å². The zero-order valence-electron chi connectivity index (χ0n) is 10.1. The Labute approximate surface area is 109 Å². The number of ether oxygens (including phenoxy) is 3. The Hall–Kier alpha value is -2.59. The van der Waals surface area contributed by atoms with Crippen molar-refractivity contribution in [1.29, 1.82) is 0 Å². The van der Waals surface area contributed by atoms with E-state index in [0.29, 0.717) is 6.07 Å². The Balaban J connectivity index is 3.55. The van der Waals surface area contributed by atoms with Crippen LogP contribution in [-0.4, -0.2) is 36.5 Å². The standard InChI is InChI=1S/C9H7F3N2O6/c1-18-5-3-4(14(16)17)6(8(15)19-2)7(13-5)20-9(10,11)12/h3H,1-2H3. The maximum Gasteiger partial charge on any atom is 0.574 e. The third-order valence-corrected chi connectivity index (χ3v) is 1.95. The number of pyridine rings is 1. The summed E-state index contributed by atoms with van der Waals surface area (Å²) in [7, 11) is 1.87. The van der Waals surface area contributed by atoms with E-state index in [2.05, 4.69) is 19.2 Å². The molecule has 0 saturated carbocycles. The summed E-state index contributed by atoms with van der Waals surface area (Å²) in [6.45, 7) is 0. The van der Waals surface area contributed by atoms with Gasteiger partial charge >= 0.3 is 12.3 Å². The lowest BCUT2D eigenvalue weighted by atomic mass is 10.2. The van der Waals surface area contributed by atoms with E-state index in [0.717, 1.165) is 14.2 Å². The smallest absolute Gasteiger partial charge is 0.481 e. The van der Waals surface area contributed by atoms with Crippen molar-refractivity contribution in [3.05, 3.63) is 21.7 Å². The molecule has 0 N–H and O–H groups in total. The zero-order chi connectivity index (χ0) is 15.5. The highest BCUT2D eigenvalue weighted by molar-refractivity contribution is 5.96. The molecule has 1 aromatic rings. The topological polar surface area (TPSA) is 101 Å². The van der Waals surface area contributed by atoms with E-state index >= 15 is 0 Å². The maximum absolute atomic E-state index is 12.2. The van der Waals surface area contributed by atoms with Gasteiger partial charge in [0.25, 0.3) is 5.69 Å². The number of hydrogen-bond acceptors (Lipinski definition) is 7. The lowest BCUT2D eigenvalue weighted by Crippen LogP contribution is -2.21. The first-order chi connectivity index (χ1) is 9.19. The lowest BCUT2D eigenvalue weighted by molar-refractivity contribution is -0.385. The summed E-state index contributed by atoms with van der Waals surface area (Å²) in [5.74, 6) is -3.25. The first-order valence-corrected chi connectivity index (χ1v) is 4.77. The van der Waals surface area contributed by atoms with Crippen molar-refractivity contribution in [2.45, 2.75) is 6.36 Å². The minimum absolute atomic E-state index is 0.524. The van der Waals surface area contributed by atoms with Crippen molar-refractivity contribution >= 4 is 11.7 Å². The van der Waals surface area contributed by atoms with E-state index in [1.165, 1.54) is 0 Å². The second-order valence-electron chi connectivity index (χ2n) is 3.16. The van der Waals surface area contributed by atoms with Crippen LogP contribution in [0.4, 0.5) is 18.9 Å². The molecule has 0 aliphatic rings. The van der Waals surface area contributed by atoms with Crippen molar-refractivity contribution in [3.8, 4) is 11.8 Å². The minimum atomic E-state index is -5.20. The Kier molecular flexibility index (Phi) is 4.32. The summed E-state index contributed by atoms with van der Waals surface area (Å²) in [6, 6.07) is 0.676. The molecule has 8 nitrogen and oxygen atoms in total. The third kappa shape index (κ3) is 3.46. The van der Waals surface area contributed by atoms with Crippen LogP contribution >= 0.6 is 0 Å². The number of nitro groups is 1. The zero-order valence-corrected chi connectivity index (χ0v) is 10.1. The number of alkyl halides is 3. The van der Waals surface area contributed by atoms with Crippen LogP contribution in [0, 0.1) is 10.1 Å². The quantitative estimate of drug-likeness (QED) is 0.473. The molecule has 0 fully saturated rings. The summed E-state index contributed by atoms with van der Waals surface area (Å²) in [5, 5.41) is 10.8. The van der Waals surface area contributed by atoms with Crippen molar-refractivity contribution < 1.29 is 37.1 Å². The van der Waals surface area contributed by atoms with Gasteiger partial charge in [0.05, 0.1) is 25.2 Å². The van der Waals surface area contributed by atoms with Gasteiger partial charge in [0.15, 0.2) is 5.56 Å². The van der Waals surface area contributed by atoms with E-state index in [9.17, 15) is 28.1 Å². The Morgan fingerprint density at radius 1 is 1.40 bits per heavy atom. The van der Waals surface area contributed by atoms with Gasteiger partial charge in [0.2, 0.25) is 11.8 Å². The van der Waals surface area contributed by atoms with E-state index in [4.69, 9.17) is 0 Å². The molecule has 0 aromatic carbocycles. The second-order valence-corrected chi connectivity index (χ2v) is 3.16. The molecular weight excluding hydrogens is 289 g/mol. The molecule has 0 saturated heterocycles. The van der Waals surface area contributed by atoms with Gasteiger partial charge in [-0.15, -0.1) is 13.2 Å². The number of halogens is 3. The molecule has 0 aliphatic carbocycles. The summed E-state index contributed by atoms with van der Waals surface area (Å²) in [4.78, 5) is 24.3. The molecule has 11 heteroatoms. The van der Waals surface area contributed by atoms with E-state index in [1.54, 1.807) is 0 Å². The van der Waals surface area contributed by atoms with Crippen molar-refractivity contribution in [3.63, 3.8) is 0 Å². The Morgan fingerprint density at radius 3 is 2.40 bits per heavy atom. The summed E-state index contributed by atoms with van der Waals surface area (Å²) in [6.07, 6.45) is -5.20. The van der Waals surface area contributed by atoms with Crippen LogP contribution in [0.3, 0.4) is 0 Å². The van der Waals surface area contributed by atoms with Gasteiger partial charge in [-0.2, -0.15) is 4.98 Å². The monoisotopic (exact) mass is 296 g/mol. The molecule has 0 atom stereocenters. The van der Waals surface area contributed by atoms with Crippen LogP contribution in [0.5, 0.6) is 11.8 Å². The first-order valence-electron chi connectivity index (χ1n) is 4.77. The van der Waals surface area contributed by atoms with Crippen LogP contribution in [0.2, 0.25) is 0 Å².